The fraction of sp³-hybridized carbons (Fsp3) is 0.211. The van der Waals surface area contributed by atoms with E-state index in [2.05, 4.69) is 159 Å². The van der Waals surface area contributed by atoms with Crippen LogP contribution in [-0.2, 0) is 13.1 Å². The van der Waals surface area contributed by atoms with Gasteiger partial charge in [0, 0.05) is 56.2 Å². The van der Waals surface area contributed by atoms with Gasteiger partial charge in [-0.2, -0.15) is 0 Å². The molecule has 0 bridgehead atoms. The lowest BCUT2D eigenvalue weighted by molar-refractivity contribution is 0.548. The standard InChI is InChI=1S/2C38H29NO2/c2*1-2-3-4-5-6-11-20-39-37(40)35-31-24-14-9-7-12-22(24)26-18-16-21-17-19-27-23-13-8-10-15-25(23)32(36(35)38(39)41)34-30(27)28(21)29(26)33(31)34/h2*7-10,12-19H,2-6,11,20H2,1H3. The van der Waals surface area contributed by atoms with Gasteiger partial charge in [0.25, 0.3) is 22.2 Å². The third-order valence-electron chi connectivity index (χ3n) is 19.6. The minimum Gasteiger partial charge on any atom is -0.274 e. The van der Waals surface area contributed by atoms with E-state index in [9.17, 15) is 19.2 Å². The van der Waals surface area contributed by atoms with Crippen molar-refractivity contribution in [3.63, 3.8) is 0 Å². The SMILES string of the molecule is CCCCCCCCn1c(=O)c2c(c1=O)c1c3ccccc3c3ccc4ccc5c6ccccc6c2c2c5c4c3c12.CCCCCCCCn1c(=O)c2c(c1=O)c1c3ccccc3c3ccc4ccc5c6ccccc6c2c2c5c4c3c12. The van der Waals surface area contributed by atoms with Crippen LogP contribution in [0.1, 0.15) is 90.9 Å². The van der Waals surface area contributed by atoms with Crippen molar-refractivity contribution in [2.45, 2.75) is 104 Å². The summed E-state index contributed by atoms with van der Waals surface area (Å²) in [7, 11) is 0. The summed E-state index contributed by atoms with van der Waals surface area (Å²) in [6, 6.07) is 51.6. The highest BCUT2D eigenvalue weighted by Gasteiger charge is 2.32. The molecule has 0 saturated heterocycles. The molecule has 0 atom stereocenters. The van der Waals surface area contributed by atoms with E-state index in [4.69, 9.17) is 0 Å². The molecule has 0 amide bonds. The second kappa shape index (κ2) is 17.7. The first-order valence-corrected chi connectivity index (χ1v) is 30.2. The highest BCUT2D eigenvalue weighted by atomic mass is 16.2. The van der Waals surface area contributed by atoms with Gasteiger partial charge in [-0.3, -0.25) is 28.3 Å². The number of hydrogen-bond donors (Lipinski definition) is 0. The van der Waals surface area contributed by atoms with Gasteiger partial charge in [-0.05, 0) is 121 Å². The van der Waals surface area contributed by atoms with Crippen LogP contribution in [0.4, 0.5) is 0 Å². The molecule has 0 N–H and O–H groups in total. The van der Waals surface area contributed by atoms with E-state index in [0.717, 1.165) is 125 Å². The molecular formula is C76H58N2O4. The first kappa shape index (κ1) is 47.8. The molecule has 0 fully saturated rings. The van der Waals surface area contributed by atoms with Gasteiger partial charge < -0.3 is 0 Å². The first-order valence-electron chi connectivity index (χ1n) is 30.2. The van der Waals surface area contributed by atoms with Crippen LogP contribution in [0.3, 0.4) is 0 Å². The number of fused-ring (bicyclic) bond motifs is 18. The maximum atomic E-state index is 14.4. The van der Waals surface area contributed by atoms with Crippen LogP contribution in [0, 0.1) is 0 Å². The molecule has 18 aromatic rings. The van der Waals surface area contributed by atoms with Crippen LogP contribution >= 0.6 is 0 Å². The van der Waals surface area contributed by atoms with Crippen molar-refractivity contribution in [3.05, 3.63) is 187 Å². The van der Waals surface area contributed by atoms with Gasteiger partial charge in [0.1, 0.15) is 0 Å². The Kier molecular flexibility index (Phi) is 10.3. The zero-order chi connectivity index (χ0) is 54.8. The van der Waals surface area contributed by atoms with Crippen molar-refractivity contribution in [3.8, 4) is 0 Å². The van der Waals surface area contributed by atoms with Crippen LogP contribution < -0.4 is 22.2 Å². The molecule has 0 radical (unpaired) electrons. The molecule has 0 aliphatic rings. The predicted molar refractivity (Wildman–Crippen MR) is 350 cm³/mol. The molecule has 2 aromatic heterocycles. The molecule has 0 aliphatic heterocycles. The predicted octanol–water partition coefficient (Wildman–Crippen LogP) is 19.1. The van der Waals surface area contributed by atoms with Crippen molar-refractivity contribution < 1.29 is 0 Å². The molecule has 6 nitrogen and oxygen atoms in total. The van der Waals surface area contributed by atoms with Crippen LogP contribution in [0.2, 0.25) is 0 Å². The maximum absolute atomic E-state index is 14.4. The van der Waals surface area contributed by atoms with Crippen molar-refractivity contribution in [2.75, 3.05) is 0 Å². The van der Waals surface area contributed by atoms with Gasteiger partial charge in [-0.1, -0.05) is 224 Å². The Morgan fingerprint density at radius 1 is 0.220 bits per heavy atom. The Morgan fingerprint density at radius 3 is 0.707 bits per heavy atom. The molecule has 2 heterocycles. The lowest BCUT2D eigenvalue weighted by atomic mass is 9.88. The molecule has 82 heavy (non-hydrogen) atoms. The largest absolute Gasteiger partial charge is 0.274 e. The summed E-state index contributed by atoms with van der Waals surface area (Å²) in [5, 5.41) is 34.4. The summed E-state index contributed by atoms with van der Waals surface area (Å²) in [6.45, 7) is 5.40. The second-order valence-corrected chi connectivity index (χ2v) is 23.9. The summed E-state index contributed by atoms with van der Waals surface area (Å²) < 4.78 is 3.10. The summed E-state index contributed by atoms with van der Waals surface area (Å²) >= 11 is 0. The molecule has 0 spiro atoms. The number of aromatic nitrogens is 2. The third kappa shape index (κ3) is 6.09. The Morgan fingerprint density at radius 2 is 0.439 bits per heavy atom. The van der Waals surface area contributed by atoms with Crippen LogP contribution in [0.15, 0.2) is 165 Å². The minimum atomic E-state index is -0.128. The fourth-order valence-corrected chi connectivity index (χ4v) is 16.2. The topological polar surface area (TPSA) is 78.1 Å². The molecule has 0 aliphatic carbocycles. The molecule has 0 saturated carbocycles. The Balaban J connectivity index is 0.000000130. The van der Waals surface area contributed by atoms with Crippen molar-refractivity contribution in [2.24, 2.45) is 0 Å². The number of benzene rings is 14. The molecule has 6 heteroatoms. The average Bonchev–Trinajstić information content (AvgIpc) is 1.60. The highest BCUT2D eigenvalue weighted by Crippen LogP contribution is 2.56. The Labute approximate surface area is 470 Å². The molecule has 0 unspecified atom stereocenters. The number of rotatable bonds is 14. The van der Waals surface area contributed by atoms with E-state index >= 15 is 0 Å². The number of unbranched alkanes of at least 4 members (excludes halogenated alkanes) is 10. The average molecular weight is 1060 g/mol. The van der Waals surface area contributed by atoms with Crippen LogP contribution in [0.25, 0.3) is 172 Å². The lowest BCUT2D eigenvalue weighted by Gasteiger charge is -2.13. The van der Waals surface area contributed by atoms with E-state index in [1.807, 2.05) is 0 Å². The van der Waals surface area contributed by atoms with E-state index < -0.39 is 0 Å². The smallest absolute Gasteiger partial charge is 0.262 e. The molecular weight excluding hydrogens is 1000 g/mol. The third-order valence-corrected chi connectivity index (χ3v) is 19.6. The maximum Gasteiger partial charge on any atom is 0.262 e. The number of hydrogen-bond acceptors (Lipinski definition) is 4. The highest BCUT2D eigenvalue weighted by molar-refractivity contribution is 6.57. The van der Waals surface area contributed by atoms with Gasteiger partial charge in [0.05, 0.1) is 21.5 Å². The molecule has 18 rings (SSSR count). The van der Waals surface area contributed by atoms with Crippen molar-refractivity contribution >= 4 is 172 Å². The van der Waals surface area contributed by atoms with E-state index in [1.54, 1.807) is 9.13 Å². The van der Waals surface area contributed by atoms with E-state index in [0.29, 0.717) is 34.6 Å². The fourth-order valence-electron chi connectivity index (χ4n) is 16.2. The Bertz CT molecular complexity index is 5140. The Hall–Kier alpha value is -9.00. The summed E-state index contributed by atoms with van der Waals surface area (Å²) in [5.41, 5.74) is -0.510. The summed E-state index contributed by atoms with van der Waals surface area (Å²) in [4.78, 5) is 57.6. The van der Waals surface area contributed by atoms with Gasteiger partial charge in [-0.25, -0.2) is 0 Å². The normalized spacial score (nSPS) is 12.9. The van der Waals surface area contributed by atoms with Crippen molar-refractivity contribution in [1.29, 1.82) is 0 Å². The number of nitrogens with zero attached hydrogens (tertiary/aromatic N) is 2. The van der Waals surface area contributed by atoms with E-state index in [1.165, 1.54) is 103 Å². The second-order valence-electron chi connectivity index (χ2n) is 23.9. The van der Waals surface area contributed by atoms with Gasteiger partial charge >= 0.3 is 0 Å². The minimum absolute atomic E-state index is 0.128. The monoisotopic (exact) mass is 1060 g/mol. The van der Waals surface area contributed by atoms with Crippen LogP contribution in [-0.4, -0.2) is 9.13 Å². The van der Waals surface area contributed by atoms with Gasteiger partial charge in [0.15, 0.2) is 0 Å². The van der Waals surface area contributed by atoms with Gasteiger partial charge in [0.2, 0.25) is 0 Å². The summed E-state index contributed by atoms with van der Waals surface area (Å²) in [6.07, 6.45) is 13.4. The quantitative estimate of drug-likeness (QED) is 0.0803. The molecule has 16 aromatic carbocycles. The molecule has 396 valence electrons. The lowest BCUT2D eigenvalue weighted by Crippen LogP contribution is -2.25. The summed E-state index contributed by atoms with van der Waals surface area (Å²) in [5.74, 6) is 0. The zero-order valence-corrected chi connectivity index (χ0v) is 46.3. The van der Waals surface area contributed by atoms with Crippen LogP contribution in [0.5, 0.6) is 0 Å². The zero-order valence-electron chi connectivity index (χ0n) is 46.3. The van der Waals surface area contributed by atoms with Gasteiger partial charge in [-0.15, -0.1) is 0 Å². The first-order chi connectivity index (χ1) is 40.4. The van der Waals surface area contributed by atoms with Crippen molar-refractivity contribution in [1.82, 2.24) is 9.13 Å². The van der Waals surface area contributed by atoms with E-state index in [-0.39, 0.29) is 22.2 Å².